The van der Waals surface area contributed by atoms with E-state index in [9.17, 15) is 19.2 Å². The molecule has 1 saturated carbocycles. The highest BCUT2D eigenvalue weighted by Gasteiger charge is 2.21. The number of carboxylic acids is 1. The predicted molar refractivity (Wildman–Crippen MR) is 158 cm³/mol. The van der Waals surface area contributed by atoms with Crippen molar-refractivity contribution in [1.82, 2.24) is 5.32 Å². The topological polar surface area (TPSA) is 101 Å². The number of amides is 1. The molecule has 1 amide bonds. The molecule has 0 unspecified atom stereocenters. The molecular formula is C35H35NO5. The van der Waals surface area contributed by atoms with Crippen molar-refractivity contribution in [2.45, 2.75) is 63.7 Å². The van der Waals surface area contributed by atoms with Crippen molar-refractivity contribution in [3.05, 3.63) is 112 Å². The lowest BCUT2D eigenvalue weighted by atomic mass is 9.83. The molecule has 5 rings (SSSR count). The second-order valence-corrected chi connectivity index (χ2v) is 11.0. The Hall–Kier alpha value is -4.32. The summed E-state index contributed by atoms with van der Waals surface area (Å²) in [5.41, 5.74) is 5.99. The lowest BCUT2D eigenvalue weighted by Crippen LogP contribution is -2.26. The number of carbonyl (C=O) groups excluding carboxylic acids is 3. The Morgan fingerprint density at radius 1 is 0.732 bits per heavy atom. The van der Waals surface area contributed by atoms with E-state index in [1.54, 1.807) is 12.1 Å². The Labute approximate surface area is 240 Å². The number of hydrogen-bond acceptors (Lipinski definition) is 4. The smallest absolute Gasteiger partial charge is 0.305 e. The van der Waals surface area contributed by atoms with Crippen LogP contribution in [-0.2, 0) is 17.6 Å². The third kappa shape index (κ3) is 6.88. The lowest BCUT2D eigenvalue weighted by molar-refractivity contribution is -0.136. The van der Waals surface area contributed by atoms with Gasteiger partial charge in [-0.05, 0) is 84.6 Å². The number of Topliss-reactive ketones (excluding diaryl/α,β-unsaturated/α-hetero) is 1. The van der Waals surface area contributed by atoms with Gasteiger partial charge in [-0.2, -0.15) is 0 Å². The van der Waals surface area contributed by atoms with E-state index in [1.165, 1.54) is 67.0 Å². The molecular weight excluding hydrogens is 514 g/mol. The van der Waals surface area contributed by atoms with E-state index in [2.05, 4.69) is 17.4 Å². The zero-order chi connectivity index (χ0) is 28.8. The summed E-state index contributed by atoms with van der Waals surface area (Å²) in [5, 5.41) is 11.3. The maximum Gasteiger partial charge on any atom is 0.305 e. The summed E-state index contributed by atoms with van der Waals surface area (Å²) in [6, 6.07) is 20.1. The van der Waals surface area contributed by atoms with Gasteiger partial charge in [-0.15, -0.1) is 0 Å². The second kappa shape index (κ2) is 12.9. The number of fused-ring (bicyclic) bond motifs is 1. The number of carboxylic acid groups (broad SMARTS) is 1. The van der Waals surface area contributed by atoms with E-state index >= 15 is 0 Å². The van der Waals surface area contributed by atoms with Crippen LogP contribution in [0.5, 0.6) is 0 Å². The normalized spacial score (nSPS) is 15.3. The minimum atomic E-state index is -0.994. The van der Waals surface area contributed by atoms with Crippen LogP contribution in [0.4, 0.5) is 0 Å². The van der Waals surface area contributed by atoms with E-state index in [1.807, 2.05) is 30.3 Å². The maximum atomic E-state index is 13.8. The van der Waals surface area contributed by atoms with E-state index in [4.69, 9.17) is 5.11 Å². The fourth-order valence-corrected chi connectivity index (χ4v) is 5.90. The van der Waals surface area contributed by atoms with Gasteiger partial charge in [0.15, 0.2) is 11.6 Å². The van der Waals surface area contributed by atoms with Crippen LogP contribution in [0.25, 0.3) is 5.57 Å². The SMILES string of the molecule is O=C(O)CCNC(=O)c1ccc(C(=O)C(=CC(=O)c2ccc3c(c2)CCC3)c2ccc(C3CCCCC3)cc2)cc1. The molecule has 0 radical (unpaired) electrons. The summed E-state index contributed by atoms with van der Waals surface area (Å²) in [4.78, 5) is 50.4. The van der Waals surface area contributed by atoms with Gasteiger partial charge in [0.25, 0.3) is 5.91 Å². The standard InChI is InChI=1S/C35H35NO5/c37-32(30-18-11-24-7-4-8-29(24)21-30)22-31(26-12-9-25(10-13-26)23-5-2-1-3-6-23)34(40)27-14-16-28(17-15-27)35(41)36-20-19-33(38)39/h9-18,21-23H,1-8,19-20H2,(H,36,41)(H,38,39). The van der Waals surface area contributed by atoms with E-state index in [-0.39, 0.29) is 24.5 Å². The fraction of sp³-hybridized carbons (Fsp3) is 0.314. The molecule has 0 spiro atoms. The van der Waals surface area contributed by atoms with Crippen LogP contribution in [0.15, 0.2) is 72.8 Å². The Bertz CT molecular complexity index is 1480. The highest BCUT2D eigenvalue weighted by Crippen LogP contribution is 2.33. The van der Waals surface area contributed by atoms with Gasteiger partial charge in [0.05, 0.1) is 6.42 Å². The third-order valence-electron chi connectivity index (χ3n) is 8.24. The molecule has 210 valence electrons. The summed E-state index contributed by atoms with van der Waals surface area (Å²) >= 11 is 0. The molecule has 1 fully saturated rings. The molecule has 0 aliphatic heterocycles. The monoisotopic (exact) mass is 549 g/mol. The molecule has 2 aliphatic rings. The van der Waals surface area contributed by atoms with Gasteiger partial charge >= 0.3 is 5.97 Å². The minimum absolute atomic E-state index is 0.0173. The number of ketones is 2. The molecule has 2 aliphatic carbocycles. The highest BCUT2D eigenvalue weighted by molar-refractivity contribution is 6.32. The van der Waals surface area contributed by atoms with Gasteiger partial charge in [0, 0.05) is 28.8 Å². The van der Waals surface area contributed by atoms with Gasteiger partial charge in [0.2, 0.25) is 0 Å². The Kier molecular flexibility index (Phi) is 8.88. The molecule has 0 bridgehead atoms. The molecule has 3 aromatic rings. The first-order chi connectivity index (χ1) is 19.9. The number of nitrogens with one attached hydrogen (secondary N) is 1. The van der Waals surface area contributed by atoms with Crippen molar-refractivity contribution in [3.8, 4) is 0 Å². The number of rotatable bonds is 10. The molecule has 0 aromatic heterocycles. The maximum absolute atomic E-state index is 13.8. The number of aryl methyl sites for hydroxylation is 2. The van der Waals surface area contributed by atoms with Crippen LogP contribution in [0.3, 0.4) is 0 Å². The number of aliphatic carboxylic acids is 1. The van der Waals surface area contributed by atoms with Gasteiger partial charge in [0.1, 0.15) is 0 Å². The van der Waals surface area contributed by atoms with Crippen LogP contribution in [0.2, 0.25) is 0 Å². The summed E-state index contributed by atoms with van der Waals surface area (Å²) in [6.45, 7) is 0.0173. The van der Waals surface area contributed by atoms with Crippen LogP contribution in [0, 0.1) is 0 Å². The Morgan fingerprint density at radius 2 is 1.37 bits per heavy atom. The Balaban J connectivity index is 1.42. The molecule has 41 heavy (non-hydrogen) atoms. The molecule has 0 heterocycles. The molecule has 0 atom stereocenters. The average Bonchev–Trinajstić information content (AvgIpc) is 3.48. The number of hydrogen-bond donors (Lipinski definition) is 2. The fourth-order valence-electron chi connectivity index (χ4n) is 5.90. The van der Waals surface area contributed by atoms with Gasteiger partial charge in [-0.3, -0.25) is 19.2 Å². The number of carbonyl (C=O) groups is 4. The van der Waals surface area contributed by atoms with E-state index in [0.29, 0.717) is 33.7 Å². The van der Waals surface area contributed by atoms with Gasteiger partial charge in [-0.25, -0.2) is 0 Å². The quantitative estimate of drug-likeness (QED) is 0.220. The summed E-state index contributed by atoms with van der Waals surface area (Å²) < 4.78 is 0. The average molecular weight is 550 g/mol. The van der Waals surface area contributed by atoms with Crippen LogP contribution in [0.1, 0.15) is 104 Å². The summed E-state index contributed by atoms with van der Waals surface area (Å²) in [6.07, 6.45) is 10.5. The van der Waals surface area contributed by atoms with Crippen LogP contribution >= 0.6 is 0 Å². The molecule has 6 heteroatoms. The van der Waals surface area contributed by atoms with Crippen LogP contribution < -0.4 is 5.32 Å². The second-order valence-electron chi connectivity index (χ2n) is 11.0. The largest absolute Gasteiger partial charge is 0.481 e. The van der Waals surface area contributed by atoms with Crippen molar-refractivity contribution >= 4 is 29.0 Å². The summed E-state index contributed by atoms with van der Waals surface area (Å²) in [7, 11) is 0. The van der Waals surface area contributed by atoms with Crippen molar-refractivity contribution in [3.63, 3.8) is 0 Å². The van der Waals surface area contributed by atoms with E-state index in [0.717, 1.165) is 19.3 Å². The number of benzene rings is 3. The molecule has 2 N–H and O–H groups in total. The first kappa shape index (κ1) is 28.2. The first-order valence-corrected chi connectivity index (χ1v) is 14.5. The minimum Gasteiger partial charge on any atom is -0.481 e. The van der Waals surface area contributed by atoms with Crippen molar-refractivity contribution in [2.75, 3.05) is 6.54 Å². The molecule has 3 aromatic carbocycles. The third-order valence-corrected chi connectivity index (χ3v) is 8.24. The zero-order valence-electron chi connectivity index (χ0n) is 23.2. The van der Waals surface area contributed by atoms with Crippen molar-refractivity contribution in [1.29, 1.82) is 0 Å². The van der Waals surface area contributed by atoms with Gasteiger partial charge in [-0.1, -0.05) is 67.8 Å². The first-order valence-electron chi connectivity index (χ1n) is 14.5. The van der Waals surface area contributed by atoms with E-state index < -0.39 is 11.9 Å². The van der Waals surface area contributed by atoms with Crippen molar-refractivity contribution in [2.24, 2.45) is 0 Å². The Morgan fingerprint density at radius 3 is 2.07 bits per heavy atom. The zero-order valence-corrected chi connectivity index (χ0v) is 23.2. The molecule has 6 nitrogen and oxygen atoms in total. The van der Waals surface area contributed by atoms with Crippen molar-refractivity contribution < 1.29 is 24.3 Å². The number of allylic oxidation sites excluding steroid dienone is 2. The highest BCUT2D eigenvalue weighted by atomic mass is 16.4. The predicted octanol–water partition coefficient (Wildman–Crippen LogP) is 6.58. The van der Waals surface area contributed by atoms with Gasteiger partial charge < -0.3 is 10.4 Å². The lowest BCUT2D eigenvalue weighted by Gasteiger charge is -2.22. The summed E-state index contributed by atoms with van der Waals surface area (Å²) in [5.74, 6) is -1.39. The molecule has 0 saturated heterocycles. The van der Waals surface area contributed by atoms with Crippen LogP contribution in [-0.4, -0.2) is 35.1 Å².